The number of carbonyl (C=O) groups excluding carboxylic acids is 1. The topological polar surface area (TPSA) is 44.1 Å². The Labute approximate surface area is 123 Å². The van der Waals surface area contributed by atoms with Crippen LogP contribution in [-0.4, -0.2) is 27.4 Å². The molecule has 2 rings (SSSR count). The van der Waals surface area contributed by atoms with Crippen molar-refractivity contribution >= 4 is 17.7 Å². The predicted molar refractivity (Wildman–Crippen MR) is 79.6 cm³/mol. The van der Waals surface area contributed by atoms with Crippen molar-refractivity contribution in [3.8, 4) is 0 Å². The molecule has 0 N–H and O–H groups in total. The molecule has 1 unspecified atom stereocenters. The van der Waals surface area contributed by atoms with Crippen LogP contribution in [0.2, 0.25) is 0 Å². The summed E-state index contributed by atoms with van der Waals surface area (Å²) in [5, 5.41) is 0.616. The lowest BCUT2D eigenvalue weighted by molar-refractivity contribution is -0.142. The fraction of sp³-hybridized carbons (Fsp3) is 0.333. The van der Waals surface area contributed by atoms with E-state index in [0.29, 0.717) is 6.61 Å². The van der Waals surface area contributed by atoms with Crippen LogP contribution >= 0.6 is 11.8 Å². The first kappa shape index (κ1) is 14.7. The first-order valence-corrected chi connectivity index (χ1v) is 7.52. The molecule has 0 aliphatic heterocycles. The number of esters is 1. The van der Waals surface area contributed by atoms with E-state index < -0.39 is 0 Å². The molecule has 5 heteroatoms. The normalized spacial score (nSPS) is 12.1. The Bertz CT molecular complexity index is 514. The maximum absolute atomic E-state index is 12.0. The van der Waals surface area contributed by atoms with Crippen molar-refractivity contribution in [1.82, 2.24) is 9.55 Å². The van der Waals surface area contributed by atoms with Crippen LogP contribution in [0.15, 0.2) is 53.9 Å². The standard InChI is InChI=1S/C15H18N2O2S/c1-2-19-15(18)13(8-12-17-10-5-6-11-17)20-14-7-3-4-9-16-14/h3-7,9-11,13H,2,8,12H2,1H3. The predicted octanol–water partition coefficient (Wildman–Crippen LogP) is 3.00. The highest BCUT2D eigenvalue weighted by molar-refractivity contribution is 8.00. The molecule has 2 heterocycles. The van der Waals surface area contributed by atoms with Crippen LogP contribution in [0.5, 0.6) is 0 Å². The second-order valence-corrected chi connectivity index (χ2v) is 5.46. The molecule has 0 radical (unpaired) electrons. The number of hydrogen-bond acceptors (Lipinski definition) is 4. The van der Waals surface area contributed by atoms with Crippen molar-refractivity contribution in [2.24, 2.45) is 0 Å². The zero-order chi connectivity index (χ0) is 14.2. The van der Waals surface area contributed by atoms with Gasteiger partial charge in [0.2, 0.25) is 0 Å². The van der Waals surface area contributed by atoms with Gasteiger partial charge in [0.05, 0.1) is 11.6 Å². The fourth-order valence-corrected chi connectivity index (χ4v) is 2.77. The van der Waals surface area contributed by atoms with Crippen molar-refractivity contribution in [3.05, 3.63) is 48.9 Å². The number of thioether (sulfide) groups is 1. The minimum absolute atomic E-state index is 0.171. The molecule has 0 bridgehead atoms. The third-order valence-electron chi connectivity index (χ3n) is 2.77. The van der Waals surface area contributed by atoms with E-state index in [9.17, 15) is 4.79 Å². The van der Waals surface area contributed by atoms with E-state index in [-0.39, 0.29) is 11.2 Å². The number of ether oxygens (including phenoxy) is 1. The Morgan fingerprint density at radius 3 is 2.80 bits per heavy atom. The Hall–Kier alpha value is -1.75. The van der Waals surface area contributed by atoms with Crippen LogP contribution in [0, 0.1) is 0 Å². The summed E-state index contributed by atoms with van der Waals surface area (Å²) in [5.41, 5.74) is 0. The number of aromatic nitrogens is 2. The van der Waals surface area contributed by atoms with Crippen molar-refractivity contribution in [2.45, 2.75) is 30.2 Å². The zero-order valence-corrected chi connectivity index (χ0v) is 12.3. The molecule has 0 spiro atoms. The van der Waals surface area contributed by atoms with Gasteiger partial charge in [0.1, 0.15) is 5.25 Å². The van der Waals surface area contributed by atoms with Gasteiger partial charge in [-0.05, 0) is 37.6 Å². The van der Waals surface area contributed by atoms with Gasteiger partial charge >= 0.3 is 5.97 Å². The van der Waals surface area contributed by atoms with Gasteiger partial charge < -0.3 is 9.30 Å². The zero-order valence-electron chi connectivity index (χ0n) is 11.4. The Kier molecular flexibility index (Phi) is 5.68. The number of rotatable bonds is 7. The minimum Gasteiger partial charge on any atom is -0.465 e. The molecule has 0 saturated carbocycles. The highest BCUT2D eigenvalue weighted by Crippen LogP contribution is 2.25. The molecule has 0 aromatic carbocycles. The van der Waals surface area contributed by atoms with Gasteiger partial charge in [-0.1, -0.05) is 17.8 Å². The molecule has 0 amide bonds. The quantitative estimate of drug-likeness (QED) is 0.581. The average molecular weight is 290 g/mol. The lowest BCUT2D eigenvalue weighted by atomic mass is 10.3. The van der Waals surface area contributed by atoms with Crippen LogP contribution in [0.1, 0.15) is 13.3 Å². The highest BCUT2D eigenvalue weighted by atomic mass is 32.2. The number of nitrogens with zero attached hydrogens (tertiary/aromatic N) is 2. The van der Waals surface area contributed by atoms with Crippen molar-refractivity contribution in [1.29, 1.82) is 0 Å². The van der Waals surface area contributed by atoms with Gasteiger partial charge in [-0.15, -0.1) is 0 Å². The maximum atomic E-state index is 12.0. The lowest BCUT2D eigenvalue weighted by Crippen LogP contribution is -2.22. The van der Waals surface area contributed by atoms with Crippen LogP contribution in [0.3, 0.4) is 0 Å². The average Bonchev–Trinajstić information content (AvgIpc) is 2.98. The van der Waals surface area contributed by atoms with Gasteiger partial charge in [0.25, 0.3) is 0 Å². The third-order valence-corrected chi connectivity index (χ3v) is 3.96. The van der Waals surface area contributed by atoms with Crippen LogP contribution < -0.4 is 0 Å². The Balaban J connectivity index is 1.98. The van der Waals surface area contributed by atoms with E-state index in [1.54, 1.807) is 6.20 Å². The fourth-order valence-electron chi connectivity index (χ4n) is 1.81. The van der Waals surface area contributed by atoms with Gasteiger partial charge in [-0.25, -0.2) is 4.98 Å². The molecule has 0 fully saturated rings. The van der Waals surface area contributed by atoms with E-state index >= 15 is 0 Å². The largest absolute Gasteiger partial charge is 0.465 e. The van der Waals surface area contributed by atoms with Gasteiger partial charge in [0.15, 0.2) is 0 Å². The Morgan fingerprint density at radius 2 is 2.15 bits per heavy atom. The molecule has 20 heavy (non-hydrogen) atoms. The van der Waals surface area contributed by atoms with E-state index in [2.05, 4.69) is 9.55 Å². The summed E-state index contributed by atoms with van der Waals surface area (Å²) in [6.07, 6.45) is 6.44. The third kappa shape index (κ3) is 4.42. The van der Waals surface area contributed by atoms with E-state index in [1.165, 1.54) is 11.8 Å². The van der Waals surface area contributed by atoms with Crippen molar-refractivity contribution in [2.75, 3.05) is 6.61 Å². The van der Waals surface area contributed by atoms with Gasteiger partial charge in [0, 0.05) is 25.1 Å². The molecular weight excluding hydrogens is 272 g/mol. The second-order valence-electron chi connectivity index (χ2n) is 4.24. The number of aryl methyl sites for hydroxylation is 1. The van der Waals surface area contributed by atoms with Crippen LogP contribution in [0.25, 0.3) is 0 Å². The van der Waals surface area contributed by atoms with Crippen LogP contribution in [-0.2, 0) is 16.1 Å². The molecule has 0 saturated heterocycles. The second kappa shape index (κ2) is 7.75. The molecule has 106 valence electrons. The molecular formula is C15H18N2O2S. The molecule has 4 nitrogen and oxygen atoms in total. The van der Waals surface area contributed by atoms with Crippen molar-refractivity contribution < 1.29 is 9.53 Å². The molecule has 0 aliphatic carbocycles. The van der Waals surface area contributed by atoms with Crippen LogP contribution in [0.4, 0.5) is 0 Å². The van der Waals surface area contributed by atoms with E-state index in [1.807, 2.05) is 49.6 Å². The summed E-state index contributed by atoms with van der Waals surface area (Å²) >= 11 is 1.46. The molecule has 1 atom stereocenters. The van der Waals surface area contributed by atoms with Gasteiger partial charge in [-0.3, -0.25) is 4.79 Å². The summed E-state index contributed by atoms with van der Waals surface area (Å²) in [7, 11) is 0. The first-order valence-electron chi connectivity index (χ1n) is 6.64. The molecule has 2 aromatic heterocycles. The van der Waals surface area contributed by atoms with Gasteiger partial charge in [-0.2, -0.15) is 0 Å². The minimum atomic E-state index is -0.229. The Morgan fingerprint density at radius 1 is 1.35 bits per heavy atom. The van der Waals surface area contributed by atoms with Crippen molar-refractivity contribution in [3.63, 3.8) is 0 Å². The SMILES string of the molecule is CCOC(=O)C(CCn1cccc1)Sc1ccccn1. The maximum Gasteiger partial charge on any atom is 0.319 e. The summed E-state index contributed by atoms with van der Waals surface area (Å²) < 4.78 is 7.21. The number of hydrogen-bond donors (Lipinski definition) is 0. The summed E-state index contributed by atoms with van der Waals surface area (Å²) in [5.74, 6) is -0.171. The summed E-state index contributed by atoms with van der Waals surface area (Å²) in [4.78, 5) is 16.3. The summed E-state index contributed by atoms with van der Waals surface area (Å²) in [6, 6.07) is 9.65. The summed E-state index contributed by atoms with van der Waals surface area (Å²) in [6.45, 7) is 3.02. The van der Waals surface area contributed by atoms with E-state index in [4.69, 9.17) is 4.74 Å². The highest BCUT2D eigenvalue weighted by Gasteiger charge is 2.21. The number of carbonyl (C=O) groups is 1. The lowest BCUT2D eigenvalue weighted by Gasteiger charge is -2.15. The first-order chi connectivity index (χ1) is 9.79. The number of pyridine rings is 1. The smallest absolute Gasteiger partial charge is 0.319 e. The molecule has 0 aliphatic rings. The van der Waals surface area contributed by atoms with E-state index in [0.717, 1.165) is 18.0 Å². The molecule has 2 aromatic rings. The monoisotopic (exact) mass is 290 g/mol.